The monoisotopic (exact) mass is 228 g/mol. The quantitative estimate of drug-likeness (QED) is 0.363. The normalized spacial score (nSPS) is 10.4. The lowest BCUT2D eigenvalue weighted by molar-refractivity contribution is -0.156. The maximum absolute atomic E-state index is 11.1. The van der Waals surface area contributed by atoms with Crippen molar-refractivity contribution in [2.24, 2.45) is 0 Å². The van der Waals surface area contributed by atoms with Gasteiger partial charge < -0.3 is 9.47 Å². The molecule has 0 atom stereocenters. The molecule has 0 bridgehead atoms. The lowest BCUT2D eigenvalue weighted by Gasteiger charge is -2.04. The van der Waals surface area contributed by atoms with Crippen molar-refractivity contribution in [2.45, 2.75) is 39.5 Å². The van der Waals surface area contributed by atoms with Crippen molar-refractivity contribution in [3.8, 4) is 0 Å². The van der Waals surface area contributed by atoms with E-state index in [1.54, 1.807) is 13.0 Å². The van der Waals surface area contributed by atoms with Crippen LogP contribution in [0.1, 0.15) is 39.5 Å². The second-order valence-electron chi connectivity index (χ2n) is 3.39. The van der Waals surface area contributed by atoms with Crippen LogP contribution in [0, 0.1) is 0 Å². The molecule has 0 fully saturated rings. The van der Waals surface area contributed by atoms with Gasteiger partial charge in [-0.05, 0) is 13.3 Å². The summed E-state index contributed by atoms with van der Waals surface area (Å²) in [6.07, 6.45) is 7.03. The van der Waals surface area contributed by atoms with Gasteiger partial charge in [0.1, 0.15) is 0 Å². The zero-order valence-corrected chi connectivity index (χ0v) is 10.0. The van der Waals surface area contributed by atoms with Gasteiger partial charge in [-0.1, -0.05) is 32.3 Å². The lowest BCUT2D eigenvalue weighted by atomic mass is 10.2. The molecule has 0 aromatic rings. The number of rotatable bonds is 8. The number of carbonyl (C=O) groups excluding carboxylic acids is 2. The number of allylic oxidation sites excluding steroid dienone is 1. The van der Waals surface area contributed by atoms with Crippen LogP contribution in [0.2, 0.25) is 0 Å². The molecule has 0 radical (unpaired) electrons. The summed E-state index contributed by atoms with van der Waals surface area (Å²) >= 11 is 0. The van der Waals surface area contributed by atoms with Crippen molar-refractivity contribution in [2.75, 3.05) is 13.2 Å². The van der Waals surface area contributed by atoms with Gasteiger partial charge in [-0.2, -0.15) is 0 Å². The van der Waals surface area contributed by atoms with E-state index in [1.807, 2.05) is 0 Å². The molecule has 0 saturated carbocycles. The van der Waals surface area contributed by atoms with Crippen molar-refractivity contribution in [1.82, 2.24) is 0 Å². The molecule has 0 aliphatic carbocycles. The molecule has 0 rings (SSSR count). The van der Waals surface area contributed by atoms with Crippen LogP contribution in [-0.2, 0) is 19.1 Å². The molecular weight excluding hydrogens is 208 g/mol. The average molecular weight is 228 g/mol. The van der Waals surface area contributed by atoms with Gasteiger partial charge in [0.2, 0.25) is 0 Å². The second-order valence-corrected chi connectivity index (χ2v) is 3.39. The van der Waals surface area contributed by atoms with E-state index in [4.69, 9.17) is 4.74 Å². The third-order valence-corrected chi connectivity index (χ3v) is 1.90. The van der Waals surface area contributed by atoms with Gasteiger partial charge in [-0.15, -0.1) is 0 Å². The third-order valence-electron chi connectivity index (χ3n) is 1.90. The number of ether oxygens (including phenoxy) is 2. The summed E-state index contributed by atoms with van der Waals surface area (Å²) in [5.74, 6) is -1.01. The van der Waals surface area contributed by atoms with Crippen LogP contribution in [0.5, 0.6) is 0 Å². The first-order valence-electron chi connectivity index (χ1n) is 5.65. The first-order chi connectivity index (χ1) is 7.70. The number of hydrogen-bond donors (Lipinski definition) is 0. The van der Waals surface area contributed by atoms with Gasteiger partial charge in [0.15, 0.2) is 6.61 Å². The first kappa shape index (κ1) is 14.7. The Bertz CT molecular complexity index is 233. The Morgan fingerprint density at radius 1 is 1.12 bits per heavy atom. The summed E-state index contributed by atoms with van der Waals surface area (Å²) in [5, 5.41) is 0. The summed E-state index contributed by atoms with van der Waals surface area (Å²) in [4.78, 5) is 21.9. The van der Waals surface area contributed by atoms with E-state index >= 15 is 0 Å². The number of unbranched alkanes of at least 4 members (excludes halogenated alkanes) is 3. The minimum atomic E-state index is -0.523. The molecule has 0 unspecified atom stereocenters. The maximum atomic E-state index is 11.1. The number of carbonyl (C=O) groups is 2. The van der Waals surface area contributed by atoms with Crippen molar-refractivity contribution >= 4 is 11.9 Å². The van der Waals surface area contributed by atoms with Crippen LogP contribution < -0.4 is 0 Å². The minimum Gasteiger partial charge on any atom is -0.463 e. The minimum absolute atomic E-state index is 0.309. The van der Waals surface area contributed by atoms with E-state index in [1.165, 1.54) is 6.08 Å². The third kappa shape index (κ3) is 9.24. The van der Waals surface area contributed by atoms with E-state index < -0.39 is 11.9 Å². The summed E-state index contributed by atoms with van der Waals surface area (Å²) in [6.45, 7) is 3.91. The molecule has 0 saturated heterocycles. The molecule has 0 N–H and O–H groups in total. The Balaban J connectivity index is 3.41. The first-order valence-corrected chi connectivity index (χ1v) is 5.65. The second kappa shape index (κ2) is 10.2. The van der Waals surface area contributed by atoms with Crippen molar-refractivity contribution in [1.29, 1.82) is 0 Å². The largest absolute Gasteiger partial charge is 0.463 e. The fourth-order valence-corrected chi connectivity index (χ4v) is 1.07. The molecule has 0 aromatic carbocycles. The van der Waals surface area contributed by atoms with E-state index in [0.717, 1.165) is 25.7 Å². The van der Waals surface area contributed by atoms with Crippen molar-refractivity contribution in [3.05, 3.63) is 12.2 Å². The predicted molar refractivity (Wildman–Crippen MR) is 60.9 cm³/mol. The summed E-state index contributed by atoms with van der Waals surface area (Å²) in [5.41, 5.74) is 0. The summed E-state index contributed by atoms with van der Waals surface area (Å²) in [7, 11) is 0. The van der Waals surface area contributed by atoms with Crippen molar-refractivity contribution < 1.29 is 19.1 Å². The average Bonchev–Trinajstić information content (AvgIpc) is 2.26. The summed E-state index contributed by atoms with van der Waals surface area (Å²) in [6, 6.07) is 0. The van der Waals surface area contributed by atoms with E-state index in [2.05, 4.69) is 11.7 Å². The highest BCUT2D eigenvalue weighted by molar-refractivity contribution is 5.84. The fraction of sp³-hybridized carbons (Fsp3) is 0.667. The van der Waals surface area contributed by atoms with E-state index in [9.17, 15) is 9.59 Å². The molecule has 0 heterocycles. The topological polar surface area (TPSA) is 52.6 Å². The van der Waals surface area contributed by atoms with Crippen LogP contribution in [-0.4, -0.2) is 25.2 Å². The van der Waals surface area contributed by atoms with Crippen LogP contribution in [0.3, 0.4) is 0 Å². The highest BCUT2D eigenvalue weighted by atomic mass is 16.6. The van der Waals surface area contributed by atoms with Gasteiger partial charge in [-0.25, -0.2) is 9.59 Å². The van der Waals surface area contributed by atoms with Gasteiger partial charge in [0, 0.05) is 6.08 Å². The number of hydrogen-bond acceptors (Lipinski definition) is 4. The van der Waals surface area contributed by atoms with Crippen LogP contribution >= 0.6 is 0 Å². The Hall–Kier alpha value is -1.32. The zero-order valence-electron chi connectivity index (χ0n) is 10.0. The smallest absolute Gasteiger partial charge is 0.344 e. The Labute approximate surface area is 96.6 Å². The molecule has 16 heavy (non-hydrogen) atoms. The number of esters is 2. The standard InChI is InChI=1S/C12H20O4/c1-3-5-6-7-9-15-12(14)10-16-11(13)8-4-2/h4,8H,3,5-7,9-10H2,1-2H3/b8-4+. The molecule has 92 valence electrons. The van der Waals surface area contributed by atoms with Crippen LogP contribution in [0.25, 0.3) is 0 Å². The van der Waals surface area contributed by atoms with Gasteiger partial charge >= 0.3 is 11.9 Å². The van der Waals surface area contributed by atoms with Crippen LogP contribution in [0.15, 0.2) is 12.2 Å². The van der Waals surface area contributed by atoms with E-state index in [-0.39, 0.29) is 6.61 Å². The molecule has 0 amide bonds. The highest BCUT2D eigenvalue weighted by Crippen LogP contribution is 1.99. The van der Waals surface area contributed by atoms with E-state index in [0.29, 0.717) is 6.61 Å². The Morgan fingerprint density at radius 3 is 2.50 bits per heavy atom. The summed E-state index contributed by atoms with van der Waals surface area (Å²) < 4.78 is 9.50. The highest BCUT2D eigenvalue weighted by Gasteiger charge is 2.05. The Kier molecular flexibility index (Phi) is 9.36. The molecule has 0 spiro atoms. The molecule has 4 nitrogen and oxygen atoms in total. The molecule has 4 heteroatoms. The zero-order chi connectivity index (χ0) is 12.2. The van der Waals surface area contributed by atoms with Gasteiger partial charge in [0.05, 0.1) is 6.61 Å². The van der Waals surface area contributed by atoms with Crippen molar-refractivity contribution in [3.63, 3.8) is 0 Å². The fourth-order valence-electron chi connectivity index (χ4n) is 1.07. The Morgan fingerprint density at radius 2 is 1.88 bits per heavy atom. The molecular formula is C12H20O4. The van der Waals surface area contributed by atoms with Crippen LogP contribution in [0.4, 0.5) is 0 Å². The van der Waals surface area contributed by atoms with Gasteiger partial charge in [-0.3, -0.25) is 0 Å². The molecule has 0 aliphatic rings. The predicted octanol–water partition coefficient (Wildman–Crippen LogP) is 2.23. The van der Waals surface area contributed by atoms with Gasteiger partial charge in [0.25, 0.3) is 0 Å². The molecule has 0 aromatic heterocycles. The molecule has 0 aliphatic heterocycles. The maximum Gasteiger partial charge on any atom is 0.344 e. The SMILES string of the molecule is C/C=C/C(=O)OCC(=O)OCCCCCC. The lowest BCUT2D eigenvalue weighted by Crippen LogP contribution is -2.15.